The summed E-state index contributed by atoms with van der Waals surface area (Å²) in [4.78, 5) is 26.0. The molecule has 1 N–H and O–H groups in total. The van der Waals surface area contributed by atoms with Crippen LogP contribution in [0, 0.1) is 11.6 Å². The number of rotatable bonds is 4. The van der Waals surface area contributed by atoms with Crippen LogP contribution in [0.4, 0.5) is 14.5 Å². The summed E-state index contributed by atoms with van der Waals surface area (Å²) in [5, 5.41) is 2.58. The van der Waals surface area contributed by atoms with Crippen LogP contribution >= 0.6 is 0 Å². The van der Waals surface area contributed by atoms with Gasteiger partial charge >= 0.3 is 0 Å². The molecule has 0 bridgehead atoms. The molecule has 2 amide bonds. The van der Waals surface area contributed by atoms with Gasteiger partial charge < -0.3 is 10.2 Å². The zero-order valence-corrected chi connectivity index (χ0v) is 13.6. The molecule has 1 saturated heterocycles. The highest BCUT2D eigenvalue weighted by Gasteiger charge is 2.18. The Bertz CT molecular complexity index is 764. The van der Waals surface area contributed by atoms with Crippen molar-refractivity contribution in [3.05, 3.63) is 65.2 Å². The summed E-state index contributed by atoms with van der Waals surface area (Å²) >= 11 is 0. The number of carbonyl (C=O) groups excluding carboxylic acids is 2. The van der Waals surface area contributed by atoms with Gasteiger partial charge in [0.2, 0.25) is 5.91 Å². The molecule has 0 atom stereocenters. The van der Waals surface area contributed by atoms with Gasteiger partial charge in [-0.05, 0) is 42.7 Å². The van der Waals surface area contributed by atoms with Crippen LogP contribution in [0.25, 0.3) is 0 Å². The molecule has 2 aromatic rings. The van der Waals surface area contributed by atoms with E-state index < -0.39 is 17.5 Å². The zero-order chi connectivity index (χ0) is 17.8. The molecule has 0 aliphatic carbocycles. The minimum absolute atomic E-state index is 0.0919. The van der Waals surface area contributed by atoms with Crippen molar-refractivity contribution in [1.29, 1.82) is 0 Å². The van der Waals surface area contributed by atoms with Crippen LogP contribution in [0.3, 0.4) is 0 Å². The summed E-state index contributed by atoms with van der Waals surface area (Å²) in [5.74, 6) is -2.11. The Morgan fingerprint density at radius 3 is 2.16 bits per heavy atom. The van der Waals surface area contributed by atoms with Crippen LogP contribution < -0.4 is 5.32 Å². The molecule has 1 fully saturated rings. The van der Waals surface area contributed by atoms with E-state index in [0.29, 0.717) is 18.2 Å². The van der Waals surface area contributed by atoms with Gasteiger partial charge in [0.25, 0.3) is 5.91 Å². The number of halogens is 2. The molecule has 2 aromatic carbocycles. The fourth-order valence-corrected chi connectivity index (χ4v) is 2.85. The molecule has 130 valence electrons. The Hall–Kier alpha value is -2.76. The van der Waals surface area contributed by atoms with E-state index in [-0.39, 0.29) is 11.5 Å². The number of carbonyl (C=O) groups is 2. The van der Waals surface area contributed by atoms with Gasteiger partial charge in [-0.1, -0.05) is 12.1 Å². The van der Waals surface area contributed by atoms with E-state index in [0.717, 1.165) is 43.6 Å². The fraction of sp³-hybridized carbons (Fsp3) is 0.263. The third-order valence-electron chi connectivity index (χ3n) is 4.15. The Kier molecular flexibility index (Phi) is 5.07. The standard InChI is InChI=1S/C19H18F2N2O2/c20-15-10-14(11-16(21)12-15)19(25)22-17-5-3-13(4-6-17)9-18(24)23-7-1-2-8-23/h3-6,10-12H,1-2,7-9H2,(H,22,25). The molecule has 0 saturated carbocycles. The first-order valence-corrected chi connectivity index (χ1v) is 8.15. The number of nitrogens with one attached hydrogen (secondary N) is 1. The van der Waals surface area contributed by atoms with Gasteiger partial charge in [-0.3, -0.25) is 9.59 Å². The number of benzene rings is 2. The second-order valence-corrected chi connectivity index (χ2v) is 6.07. The van der Waals surface area contributed by atoms with E-state index >= 15 is 0 Å². The summed E-state index contributed by atoms with van der Waals surface area (Å²) in [6, 6.07) is 9.51. The van der Waals surface area contributed by atoms with Crippen molar-refractivity contribution in [2.45, 2.75) is 19.3 Å². The summed E-state index contributed by atoms with van der Waals surface area (Å²) in [5.41, 5.74) is 1.25. The van der Waals surface area contributed by atoms with E-state index in [1.54, 1.807) is 24.3 Å². The Balaban J connectivity index is 1.62. The molecule has 1 aliphatic heterocycles. The molecule has 0 unspecified atom stereocenters. The van der Waals surface area contributed by atoms with Gasteiger partial charge in [-0.25, -0.2) is 8.78 Å². The Morgan fingerprint density at radius 2 is 1.56 bits per heavy atom. The second-order valence-electron chi connectivity index (χ2n) is 6.07. The molecule has 4 nitrogen and oxygen atoms in total. The molecule has 0 radical (unpaired) electrons. The van der Waals surface area contributed by atoms with E-state index in [9.17, 15) is 18.4 Å². The van der Waals surface area contributed by atoms with E-state index in [2.05, 4.69) is 5.32 Å². The Morgan fingerprint density at radius 1 is 0.960 bits per heavy atom. The number of amides is 2. The minimum Gasteiger partial charge on any atom is -0.342 e. The molecular weight excluding hydrogens is 326 g/mol. The molecule has 1 heterocycles. The van der Waals surface area contributed by atoms with E-state index in [1.165, 1.54) is 0 Å². The predicted octanol–water partition coefficient (Wildman–Crippen LogP) is 3.38. The van der Waals surface area contributed by atoms with Crippen LogP contribution in [0.2, 0.25) is 0 Å². The highest BCUT2D eigenvalue weighted by molar-refractivity contribution is 6.04. The summed E-state index contributed by atoms with van der Waals surface area (Å²) in [7, 11) is 0. The lowest BCUT2D eigenvalue weighted by molar-refractivity contribution is -0.129. The van der Waals surface area contributed by atoms with Crippen LogP contribution in [0.1, 0.15) is 28.8 Å². The van der Waals surface area contributed by atoms with Crippen molar-refractivity contribution < 1.29 is 18.4 Å². The summed E-state index contributed by atoms with van der Waals surface area (Å²) in [6.45, 7) is 1.63. The molecule has 6 heteroatoms. The van der Waals surface area contributed by atoms with Gasteiger partial charge in [0.1, 0.15) is 11.6 Å². The quantitative estimate of drug-likeness (QED) is 0.924. The first-order chi connectivity index (χ1) is 12.0. The topological polar surface area (TPSA) is 49.4 Å². The van der Waals surface area contributed by atoms with Crippen molar-refractivity contribution in [3.8, 4) is 0 Å². The molecule has 3 rings (SSSR count). The number of anilines is 1. The van der Waals surface area contributed by atoms with Gasteiger partial charge in [-0.15, -0.1) is 0 Å². The van der Waals surface area contributed by atoms with Crippen LogP contribution in [0.5, 0.6) is 0 Å². The summed E-state index contributed by atoms with van der Waals surface area (Å²) < 4.78 is 26.3. The minimum atomic E-state index is -0.805. The largest absolute Gasteiger partial charge is 0.342 e. The maximum Gasteiger partial charge on any atom is 0.255 e. The third-order valence-corrected chi connectivity index (χ3v) is 4.15. The third kappa shape index (κ3) is 4.41. The van der Waals surface area contributed by atoms with E-state index in [1.807, 2.05) is 4.90 Å². The number of hydrogen-bond acceptors (Lipinski definition) is 2. The van der Waals surface area contributed by atoms with Gasteiger partial charge in [0.15, 0.2) is 0 Å². The average Bonchev–Trinajstić information content (AvgIpc) is 3.10. The highest BCUT2D eigenvalue weighted by Crippen LogP contribution is 2.15. The maximum absolute atomic E-state index is 13.2. The molecule has 0 aromatic heterocycles. The number of hydrogen-bond donors (Lipinski definition) is 1. The molecule has 25 heavy (non-hydrogen) atoms. The van der Waals surface area contributed by atoms with Crippen molar-refractivity contribution >= 4 is 17.5 Å². The highest BCUT2D eigenvalue weighted by atomic mass is 19.1. The van der Waals surface area contributed by atoms with E-state index in [4.69, 9.17) is 0 Å². The SMILES string of the molecule is O=C(Nc1ccc(CC(=O)N2CCCC2)cc1)c1cc(F)cc(F)c1. The Labute approximate surface area is 144 Å². The summed E-state index contributed by atoms with van der Waals surface area (Å²) in [6.07, 6.45) is 2.43. The van der Waals surface area contributed by atoms with Crippen molar-refractivity contribution in [2.24, 2.45) is 0 Å². The first kappa shape index (κ1) is 17.1. The lowest BCUT2D eigenvalue weighted by Crippen LogP contribution is -2.29. The molecule has 1 aliphatic rings. The first-order valence-electron chi connectivity index (χ1n) is 8.15. The van der Waals surface area contributed by atoms with Crippen molar-refractivity contribution in [1.82, 2.24) is 4.90 Å². The predicted molar refractivity (Wildman–Crippen MR) is 90.3 cm³/mol. The zero-order valence-electron chi connectivity index (χ0n) is 13.6. The average molecular weight is 344 g/mol. The van der Waals surface area contributed by atoms with Gasteiger partial charge in [0, 0.05) is 30.4 Å². The lowest BCUT2D eigenvalue weighted by Gasteiger charge is -2.15. The fourth-order valence-electron chi connectivity index (χ4n) is 2.85. The van der Waals surface area contributed by atoms with Crippen LogP contribution in [0.15, 0.2) is 42.5 Å². The second kappa shape index (κ2) is 7.42. The lowest BCUT2D eigenvalue weighted by atomic mass is 10.1. The van der Waals surface area contributed by atoms with Gasteiger partial charge in [-0.2, -0.15) is 0 Å². The normalized spacial score (nSPS) is 13.8. The van der Waals surface area contributed by atoms with Crippen LogP contribution in [-0.2, 0) is 11.2 Å². The molecular formula is C19H18F2N2O2. The monoisotopic (exact) mass is 344 g/mol. The van der Waals surface area contributed by atoms with Crippen molar-refractivity contribution in [3.63, 3.8) is 0 Å². The number of likely N-dealkylation sites (tertiary alicyclic amines) is 1. The molecule has 0 spiro atoms. The van der Waals surface area contributed by atoms with Gasteiger partial charge in [0.05, 0.1) is 6.42 Å². The maximum atomic E-state index is 13.2. The number of nitrogens with zero attached hydrogens (tertiary/aromatic N) is 1. The van der Waals surface area contributed by atoms with Crippen molar-refractivity contribution in [2.75, 3.05) is 18.4 Å². The smallest absolute Gasteiger partial charge is 0.255 e. The van der Waals surface area contributed by atoms with Crippen LogP contribution in [-0.4, -0.2) is 29.8 Å².